The predicted molar refractivity (Wildman–Crippen MR) is 43.8 cm³/mol. The summed E-state index contributed by atoms with van der Waals surface area (Å²) in [5.41, 5.74) is -1.56. The zero-order valence-electron chi connectivity index (χ0n) is 6.47. The third kappa shape index (κ3) is 2.03. The highest BCUT2D eigenvalue weighted by atomic mass is 79.9. The Hall–Kier alpha value is -1.11. The van der Waals surface area contributed by atoms with E-state index in [2.05, 4.69) is 20.9 Å². The summed E-state index contributed by atoms with van der Waals surface area (Å²) in [7, 11) is 0. The SMILES string of the molecule is O=C(O)c1cc(F)c(C(F)F)nc1Br. The van der Waals surface area contributed by atoms with Crippen molar-refractivity contribution < 1.29 is 23.1 Å². The van der Waals surface area contributed by atoms with E-state index in [0.29, 0.717) is 6.07 Å². The minimum Gasteiger partial charge on any atom is -0.478 e. The Morgan fingerprint density at radius 2 is 2.14 bits per heavy atom. The molecule has 0 amide bonds. The second-order valence-electron chi connectivity index (χ2n) is 2.30. The molecule has 0 saturated carbocycles. The number of rotatable bonds is 2. The molecule has 0 aliphatic heterocycles. The van der Waals surface area contributed by atoms with Crippen LogP contribution in [0, 0.1) is 5.82 Å². The highest BCUT2D eigenvalue weighted by Crippen LogP contribution is 2.24. The van der Waals surface area contributed by atoms with E-state index in [1.165, 1.54) is 0 Å². The second-order valence-corrected chi connectivity index (χ2v) is 3.05. The minimum absolute atomic E-state index is 0.318. The smallest absolute Gasteiger partial charge is 0.338 e. The highest BCUT2D eigenvalue weighted by molar-refractivity contribution is 9.10. The van der Waals surface area contributed by atoms with Gasteiger partial charge in [-0.25, -0.2) is 22.9 Å². The molecule has 3 nitrogen and oxygen atoms in total. The maximum atomic E-state index is 12.8. The summed E-state index contributed by atoms with van der Waals surface area (Å²) in [5.74, 6) is -2.77. The average molecular weight is 270 g/mol. The van der Waals surface area contributed by atoms with Crippen LogP contribution >= 0.6 is 15.9 Å². The standard InChI is InChI=1S/C7H3BrF3NO2/c8-5-2(7(13)14)1-3(9)4(12-5)6(10)11/h1,6H,(H,13,14). The summed E-state index contributed by atoms with van der Waals surface area (Å²) in [4.78, 5) is 13.5. The molecule has 1 N–H and O–H groups in total. The molecule has 1 rings (SSSR count). The topological polar surface area (TPSA) is 50.2 Å². The molecular formula is C7H3BrF3NO2. The lowest BCUT2D eigenvalue weighted by Crippen LogP contribution is -2.05. The van der Waals surface area contributed by atoms with Gasteiger partial charge in [-0.1, -0.05) is 0 Å². The number of carboxylic acid groups (broad SMARTS) is 1. The van der Waals surface area contributed by atoms with Crippen LogP contribution in [0.15, 0.2) is 10.7 Å². The maximum absolute atomic E-state index is 12.8. The van der Waals surface area contributed by atoms with Gasteiger partial charge in [-0.05, 0) is 22.0 Å². The van der Waals surface area contributed by atoms with Crippen LogP contribution in [0.5, 0.6) is 0 Å². The fourth-order valence-electron chi connectivity index (χ4n) is 0.783. The number of nitrogens with zero attached hydrogens (tertiary/aromatic N) is 1. The largest absolute Gasteiger partial charge is 0.478 e. The van der Waals surface area contributed by atoms with Crippen LogP contribution in [0.25, 0.3) is 0 Å². The van der Waals surface area contributed by atoms with E-state index < -0.39 is 29.5 Å². The lowest BCUT2D eigenvalue weighted by atomic mass is 10.2. The molecule has 0 radical (unpaired) electrons. The van der Waals surface area contributed by atoms with Crippen molar-refractivity contribution in [3.8, 4) is 0 Å². The van der Waals surface area contributed by atoms with Crippen molar-refractivity contribution in [2.45, 2.75) is 6.43 Å². The number of alkyl halides is 2. The molecular weight excluding hydrogens is 267 g/mol. The first-order chi connectivity index (χ1) is 6.43. The Balaban J connectivity index is 3.31. The van der Waals surface area contributed by atoms with Crippen molar-refractivity contribution in [1.29, 1.82) is 0 Å². The third-order valence-electron chi connectivity index (χ3n) is 1.39. The summed E-state index contributed by atoms with van der Waals surface area (Å²) >= 11 is 2.66. The van der Waals surface area contributed by atoms with Gasteiger partial charge in [0, 0.05) is 0 Å². The number of pyridine rings is 1. The van der Waals surface area contributed by atoms with E-state index >= 15 is 0 Å². The summed E-state index contributed by atoms with van der Waals surface area (Å²) in [6.45, 7) is 0. The molecule has 0 saturated heterocycles. The van der Waals surface area contributed by atoms with Crippen LogP contribution in [0.4, 0.5) is 13.2 Å². The number of halogens is 4. The normalized spacial score (nSPS) is 10.6. The van der Waals surface area contributed by atoms with Gasteiger partial charge in [0.25, 0.3) is 6.43 Å². The molecule has 0 fully saturated rings. The Morgan fingerprint density at radius 3 is 2.57 bits per heavy atom. The Morgan fingerprint density at radius 1 is 1.57 bits per heavy atom. The Kier molecular flexibility index (Phi) is 3.10. The molecule has 76 valence electrons. The molecule has 0 aromatic carbocycles. The molecule has 14 heavy (non-hydrogen) atoms. The van der Waals surface area contributed by atoms with Crippen LogP contribution in [-0.2, 0) is 0 Å². The van der Waals surface area contributed by atoms with E-state index in [1.807, 2.05) is 0 Å². The Labute approximate surface area is 84.7 Å². The second kappa shape index (κ2) is 3.95. The van der Waals surface area contributed by atoms with Crippen molar-refractivity contribution in [3.05, 3.63) is 27.7 Å². The number of carboxylic acids is 1. The van der Waals surface area contributed by atoms with Gasteiger partial charge >= 0.3 is 5.97 Å². The summed E-state index contributed by atoms with van der Waals surface area (Å²) < 4.78 is 36.6. The van der Waals surface area contributed by atoms with Crippen molar-refractivity contribution in [3.63, 3.8) is 0 Å². The van der Waals surface area contributed by atoms with Crippen molar-refractivity contribution in [2.75, 3.05) is 0 Å². The van der Waals surface area contributed by atoms with Gasteiger partial charge in [0.15, 0.2) is 5.82 Å². The maximum Gasteiger partial charge on any atom is 0.338 e. The molecule has 7 heteroatoms. The van der Waals surface area contributed by atoms with Crippen LogP contribution in [0.1, 0.15) is 22.5 Å². The molecule has 1 aromatic rings. The molecule has 1 aromatic heterocycles. The van der Waals surface area contributed by atoms with Gasteiger partial charge in [-0.15, -0.1) is 0 Å². The van der Waals surface area contributed by atoms with E-state index in [4.69, 9.17) is 5.11 Å². The van der Waals surface area contributed by atoms with E-state index in [-0.39, 0.29) is 4.60 Å². The fraction of sp³-hybridized carbons (Fsp3) is 0.143. The summed E-state index contributed by atoms with van der Waals surface area (Å²) in [6.07, 6.45) is -3.07. The highest BCUT2D eigenvalue weighted by Gasteiger charge is 2.20. The Bertz CT molecular complexity index is 383. The molecule has 0 spiro atoms. The lowest BCUT2D eigenvalue weighted by molar-refractivity contribution is 0.0693. The summed E-state index contributed by atoms with van der Waals surface area (Å²) in [5, 5.41) is 8.50. The molecule has 1 heterocycles. The van der Waals surface area contributed by atoms with E-state index in [1.54, 1.807) is 0 Å². The van der Waals surface area contributed by atoms with E-state index in [0.717, 1.165) is 0 Å². The fourth-order valence-corrected chi connectivity index (χ4v) is 1.26. The van der Waals surface area contributed by atoms with E-state index in [9.17, 15) is 18.0 Å². The number of aromatic carboxylic acids is 1. The lowest BCUT2D eigenvalue weighted by Gasteiger charge is -2.03. The van der Waals surface area contributed by atoms with Crippen LogP contribution < -0.4 is 0 Å². The number of carbonyl (C=O) groups is 1. The number of aromatic nitrogens is 1. The van der Waals surface area contributed by atoms with Gasteiger partial charge in [0.05, 0.1) is 5.56 Å². The number of hydrogen-bond acceptors (Lipinski definition) is 2. The molecule has 0 unspecified atom stereocenters. The van der Waals surface area contributed by atoms with Gasteiger partial charge in [0.2, 0.25) is 0 Å². The molecule has 0 aliphatic rings. The van der Waals surface area contributed by atoms with Gasteiger partial charge in [-0.2, -0.15) is 0 Å². The number of hydrogen-bond donors (Lipinski definition) is 1. The van der Waals surface area contributed by atoms with Gasteiger partial charge < -0.3 is 5.11 Å². The average Bonchev–Trinajstić information content (AvgIpc) is 2.07. The summed E-state index contributed by atoms with van der Waals surface area (Å²) in [6, 6.07) is 0.501. The first kappa shape index (κ1) is 11.0. The minimum atomic E-state index is -3.07. The van der Waals surface area contributed by atoms with Crippen LogP contribution in [0.2, 0.25) is 0 Å². The first-order valence-corrected chi connectivity index (χ1v) is 4.10. The molecule has 0 bridgehead atoms. The van der Waals surface area contributed by atoms with Gasteiger partial charge in [0.1, 0.15) is 10.3 Å². The van der Waals surface area contributed by atoms with Crippen LogP contribution in [-0.4, -0.2) is 16.1 Å². The van der Waals surface area contributed by atoms with Crippen molar-refractivity contribution in [1.82, 2.24) is 4.98 Å². The van der Waals surface area contributed by atoms with Crippen molar-refractivity contribution >= 4 is 21.9 Å². The quantitative estimate of drug-likeness (QED) is 0.840. The monoisotopic (exact) mass is 269 g/mol. The third-order valence-corrected chi connectivity index (χ3v) is 2.00. The zero-order chi connectivity index (χ0) is 10.9. The molecule has 0 aliphatic carbocycles. The van der Waals surface area contributed by atoms with Crippen molar-refractivity contribution in [2.24, 2.45) is 0 Å². The van der Waals surface area contributed by atoms with Crippen LogP contribution in [0.3, 0.4) is 0 Å². The van der Waals surface area contributed by atoms with Gasteiger partial charge in [-0.3, -0.25) is 0 Å². The first-order valence-electron chi connectivity index (χ1n) is 3.31. The predicted octanol–water partition coefficient (Wildman–Crippen LogP) is 2.62. The molecule has 0 atom stereocenters. The zero-order valence-corrected chi connectivity index (χ0v) is 8.06.